The van der Waals surface area contributed by atoms with Gasteiger partial charge in [-0.2, -0.15) is 0 Å². The van der Waals surface area contributed by atoms with Gasteiger partial charge in [0.2, 0.25) is 0 Å². The Morgan fingerprint density at radius 2 is 2.15 bits per heavy atom. The number of aromatic nitrogens is 1. The van der Waals surface area contributed by atoms with E-state index in [1.807, 2.05) is 0 Å². The van der Waals surface area contributed by atoms with Crippen LogP contribution in [-0.2, 0) is 4.74 Å². The molecule has 0 spiro atoms. The minimum Gasteiger partial charge on any atom is -0.449 e. The lowest BCUT2D eigenvalue weighted by Crippen LogP contribution is -2.26. The fourth-order valence-electron chi connectivity index (χ4n) is 0.893. The van der Waals surface area contributed by atoms with Crippen molar-refractivity contribution >= 4 is 11.8 Å². The zero-order valence-corrected chi connectivity index (χ0v) is 7.73. The van der Waals surface area contributed by atoms with E-state index in [-0.39, 0.29) is 6.09 Å². The van der Waals surface area contributed by atoms with Crippen molar-refractivity contribution in [3.63, 3.8) is 0 Å². The molecule has 0 fully saturated rings. The zero-order valence-electron chi connectivity index (χ0n) is 7.73. The Kier molecular flexibility index (Phi) is 3.25. The molecular formula is C9H12N2O2. The molecule has 1 aromatic rings. The number of amides is 1. The summed E-state index contributed by atoms with van der Waals surface area (Å²) in [6.07, 6.45) is 2.91. The van der Waals surface area contributed by atoms with E-state index in [1.165, 1.54) is 4.90 Å². The van der Waals surface area contributed by atoms with Gasteiger partial charge in [-0.3, -0.25) is 9.88 Å². The van der Waals surface area contributed by atoms with Gasteiger partial charge in [0.05, 0.1) is 6.61 Å². The van der Waals surface area contributed by atoms with Crippen LogP contribution in [0.25, 0.3) is 0 Å². The second-order valence-corrected chi connectivity index (χ2v) is 2.46. The van der Waals surface area contributed by atoms with E-state index in [0.29, 0.717) is 6.61 Å². The van der Waals surface area contributed by atoms with Crippen molar-refractivity contribution in [3.05, 3.63) is 24.5 Å². The first-order valence-electron chi connectivity index (χ1n) is 4.06. The summed E-state index contributed by atoms with van der Waals surface area (Å²) in [5, 5.41) is 0. The average molecular weight is 180 g/mol. The second kappa shape index (κ2) is 4.45. The average Bonchev–Trinajstić information content (AvgIpc) is 2.18. The van der Waals surface area contributed by atoms with Crippen molar-refractivity contribution in [3.8, 4) is 0 Å². The summed E-state index contributed by atoms with van der Waals surface area (Å²) >= 11 is 0. The molecule has 1 aromatic heterocycles. The quantitative estimate of drug-likeness (QED) is 0.695. The molecule has 1 rings (SSSR count). The molecule has 0 aliphatic heterocycles. The van der Waals surface area contributed by atoms with Gasteiger partial charge in [0.25, 0.3) is 0 Å². The van der Waals surface area contributed by atoms with Gasteiger partial charge < -0.3 is 4.74 Å². The molecule has 0 N–H and O–H groups in total. The lowest BCUT2D eigenvalue weighted by Gasteiger charge is -2.15. The van der Waals surface area contributed by atoms with E-state index in [4.69, 9.17) is 4.74 Å². The number of anilines is 1. The van der Waals surface area contributed by atoms with Crippen LogP contribution in [-0.4, -0.2) is 24.7 Å². The van der Waals surface area contributed by atoms with Gasteiger partial charge in [0, 0.05) is 25.1 Å². The number of pyridine rings is 1. The van der Waals surface area contributed by atoms with Gasteiger partial charge in [-0.25, -0.2) is 4.79 Å². The van der Waals surface area contributed by atoms with E-state index in [0.717, 1.165) is 5.69 Å². The van der Waals surface area contributed by atoms with Gasteiger partial charge in [-0.05, 0) is 19.1 Å². The summed E-state index contributed by atoms with van der Waals surface area (Å²) in [4.78, 5) is 16.5. The van der Waals surface area contributed by atoms with Crippen molar-refractivity contribution < 1.29 is 9.53 Å². The van der Waals surface area contributed by atoms with E-state index < -0.39 is 0 Å². The van der Waals surface area contributed by atoms with Crippen LogP contribution in [0.5, 0.6) is 0 Å². The highest BCUT2D eigenvalue weighted by Gasteiger charge is 2.09. The summed E-state index contributed by atoms with van der Waals surface area (Å²) in [5.74, 6) is 0. The Morgan fingerprint density at radius 1 is 1.54 bits per heavy atom. The molecule has 4 heteroatoms. The van der Waals surface area contributed by atoms with Crippen molar-refractivity contribution in [1.82, 2.24) is 4.98 Å². The standard InChI is InChI=1S/C9H12N2O2/c1-3-13-9(12)11(2)8-4-6-10-7-5-8/h4-7H,3H2,1-2H3. The lowest BCUT2D eigenvalue weighted by atomic mass is 10.4. The highest BCUT2D eigenvalue weighted by Crippen LogP contribution is 2.10. The van der Waals surface area contributed by atoms with Crippen LogP contribution in [0, 0.1) is 0 Å². The Labute approximate surface area is 77.1 Å². The van der Waals surface area contributed by atoms with Gasteiger partial charge in [0.15, 0.2) is 0 Å². The smallest absolute Gasteiger partial charge is 0.413 e. The molecule has 0 radical (unpaired) electrons. The fourth-order valence-corrected chi connectivity index (χ4v) is 0.893. The van der Waals surface area contributed by atoms with Crippen molar-refractivity contribution in [2.75, 3.05) is 18.6 Å². The van der Waals surface area contributed by atoms with Crippen LogP contribution in [0.2, 0.25) is 0 Å². The summed E-state index contributed by atoms with van der Waals surface area (Å²) in [7, 11) is 1.66. The molecule has 0 saturated carbocycles. The van der Waals surface area contributed by atoms with E-state index in [2.05, 4.69) is 4.98 Å². The Morgan fingerprint density at radius 3 is 2.69 bits per heavy atom. The second-order valence-electron chi connectivity index (χ2n) is 2.46. The Bertz CT molecular complexity index is 274. The van der Waals surface area contributed by atoms with Gasteiger partial charge in [-0.15, -0.1) is 0 Å². The summed E-state index contributed by atoms with van der Waals surface area (Å²) in [6.45, 7) is 2.16. The Balaban J connectivity index is 2.68. The molecule has 13 heavy (non-hydrogen) atoms. The zero-order chi connectivity index (χ0) is 9.68. The SMILES string of the molecule is CCOC(=O)N(C)c1ccncc1. The summed E-state index contributed by atoms with van der Waals surface area (Å²) in [5.41, 5.74) is 0.772. The highest BCUT2D eigenvalue weighted by molar-refractivity contribution is 5.86. The van der Waals surface area contributed by atoms with Crippen LogP contribution in [0.3, 0.4) is 0 Å². The third-order valence-corrected chi connectivity index (χ3v) is 1.59. The predicted molar refractivity (Wildman–Crippen MR) is 49.7 cm³/mol. The number of carbonyl (C=O) groups is 1. The Hall–Kier alpha value is -1.58. The maximum atomic E-state index is 11.2. The summed E-state index contributed by atoms with van der Waals surface area (Å²) < 4.78 is 4.82. The number of hydrogen-bond acceptors (Lipinski definition) is 3. The molecule has 4 nitrogen and oxygen atoms in total. The van der Waals surface area contributed by atoms with E-state index in [1.54, 1.807) is 38.5 Å². The van der Waals surface area contributed by atoms with Gasteiger partial charge in [0.1, 0.15) is 0 Å². The maximum absolute atomic E-state index is 11.2. The summed E-state index contributed by atoms with van der Waals surface area (Å²) in [6, 6.07) is 3.49. The molecule has 0 aromatic carbocycles. The van der Waals surface area contributed by atoms with Crippen LogP contribution in [0.15, 0.2) is 24.5 Å². The first-order chi connectivity index (χ1) is 6.25. The van der Waals surface area contributed by atoms with Gasteiger partial charge >= 0.3 is 6.09 Å². The molecular weight excluding hydrogens is 168 g/mol. The molecule has 0 bridgehead atoms. The number of nitrogens with zero attached hydrogens (tertiary/aromatic N) is 2. The maximum Gasteiger partial charge on any atom is 0.413 e. The first kappa shape index (κ1) is 9.51. The molecule has 1 heterocycles. The molecule has 1 amide bonds. The molecule has 70 valence electrons. The topological polar surface area (TPSA) is 42.4 Å². The number of carbonyl (C=O) groups excluding carboxylic acids is 1. The van der Waals surface area contributed by atoms with Crippen LogP contribution < -0.4 is 4.90 Å². The minimum absolute atomic E-state index is 0.353. The third-order valence-electron chi connectivity index (χ3n) is 1.59. The molecule has 0 atom stereocenters. The molecule has 0 aliphatic carbocycles. The van der Waals surface area contributed by atoms with Crippen LogP contribution >= 0.6 is 0 Å². The van der Waals surface area contributed by atoms with Crippen molar-refractivity contribution in [2.45, 2.75) is 6.92 Å². The minimum atomic E-state index is -0.353. The number of ether oxygens (including phenoxy) is 1. The van der Waals surface area contributed by atoms with E-state index >= 15 is 0 Å². The van der Waals surface area contributed by atoms with Crippen LogP contribution in [0.1, 0.15) is 6.92 Å². The number of rotatable bonds is 2. The van der Waals surface area contributed by atoms with E-state index in [9.17, 15) is 4.79 Å². The van der Waals surface area contributed by atoms with Crippen LogP contribution in [0.4, 0.5) is 10.5 Å². The highest BCUT2D eigenvalue weighted by atomic mass is 16.6. The third kappa shape index (κ3) is 2.43. The van der Waals surface area contributed by atoms with Gasteiger partial charge in [-0.1, -0.05) is 0 Å². The largest absolute Gasteiger partial charge is 0.449 e. The molecule has 0 aliphatic rings. The van der Waals surface area contributed by atoms with Crippen molar-refractivity contribution in [1.29, 1.82) is 0 Å². The fraction of sp³-hybridized carbons (Fsp3) is 0.333. The number of hydrogen-bond donors (Lipinski definition) is 0. The lowest BCUT2D eigenvalue weighted by molar-refractivity contribution is 0.161. The monoisotopic (exact) mass is 180 g/mol. The molecule has 0 saturated heterocycles. The van der Waals surface area contributed by atoms with Crippen molar-refractivity contribution in [2.24, 2.45) is 0 Å². The molecule has 0 unspecified atom stereocenters. The normalized spacial score (nSPS) is 9.38. The first-order valence-corrected chi connectivity index (χ1v) is 4.06. The predicted octanol–water partition coefficient (Wildman–Crippen LogP) is 1.67.